The van der Waals surface area contributed by atoms with Crippen molar-refractivity contribution in [1.29, 1.82) is 0 Å². The van der Waals surface area contributed by atoms with Gasteiger partial charge in [-0.25, -0.2) is 10.2 Å². The predicted octanol–water partition coefficient (Wildman–Crippen LogP) is 4.86. The monoisotopic (exact) mass is 598 g/mol. The standard InChI is InChI=1S/C31H26N4O9/c1-41-25-16-22(17-26(42-2)28(25)43-3)29(36)33-23-14-12-19(13-15-23)30(37)34-32-18-21-10-7-11-24(35(39)40)27(21)44-31(38)20-8-5-4-6-9-20/h4-18H,1-3H3,(H,33,36)(H,34,37)/b32-18+. The number of amides is 2. The molecule has 224 valence electrons. The molecule has 0 aromatic heterocycles. The van der Waals surface area contributed by atoms with Gasteiger partial charge in [0.25, 0.3) is 11.8 Å². The minimum Gasteiger partial charge on any atom is -0.493 e. The summed E-state index contributed by atoms with van der Waals surface area (Å²) in [6.07, 6.45) is 1.13. The number of rotatable bonds is 11. The Bertz CT molecular complexity index is 1700. The summed E-state index contributed by atoms with van der Waals surface area (Å²) in [6, 6.07) is 21.0. The summed E-state index contributed by atoms with van der Waals surface area (Å²) >= 11 is 0. The largest absolute Gasteiger partial charge is 0.493 e. The maximum Gasteiger partial charge on any atom is 0.343 e. The molecule has 0 unspecified atom stereocenters. The van der Waals surface area contributed by atoms with Gasteiger partial charge in [0.1, 0.15) is 0 Å². The molecule has 2 N–H and O–H groups in total. The molecule has 2 amide bonds. The number of ether oxygens (including phenoxy) is 4. The van der Waals surface area contributed by atoms with Crippen molar-refractivity contribution in [3.8, 4) is 23.0 Å². The van der Waals surface area contributed by atoms with Gasteiger partial charge in [-0.15, -0.1) is 0 Å². The lowest BCUT2D eigenvalue weighted by atomic mass is 10.1. The molecule has 0 saturated heterocycles. The zero-order valence-corrected chi connectivity index (χ0v) is 23.7. The van der Waals surface area contributed by atoms with Crippen molar-refractivity contribution in [2.75, 3.05) is 26.6 Å². The number of methoxy groups -OCH3 is 3. The molecule has 0 heterocycles. The van der Waals surface area contributed by atoms with Gasteiger partial charge in [-0.3, -0.25) is 19.7 Å². The van der Waals surface area contributed by atoms with Crippen LogP contribution in [0.25, 0.3) is 0 Å². The minimum atomic E-state index is -0.795. The van der Waals surface area contributed by atoms with Crippen LogP contribution in [0, 0.1) is 10.1 Å². The number of hydrazone groups is 1. The number of hydrogen-bond donors (Lipinski definition) is 2. The highest BCUT2D eigenvalue weighted by Gasteiger charge is 2.22. The predicted molar refractivity (Wildman–Crippen MR) is 160 cm³/mol. The summed E-state index contributed by atoms with van der Waals surface area (Å²) in [4.78, 5) is 49.0. The average molecular weight is 599 g/mol. The fourth-order valence-corrected chi connectivity index (χ4v) is 3.97. The van der Waals surface area contributed by atoms with Crippen molar-refractivity contribution in [3.05, 3.63) is 117 Å². The first-order valence-electron chi connectivity index (χ1n) is 12.8. The first-order valence-corrected chi connectivity index (χ1v) is 12.8. The van der Waals surface area contributed by atoms with Gasteiger partial charge in [-0.05, 0) is 54.6 Å². The molecule has 0 atom stereocenters. The third-order valence-corrected chi connectivity index (χ3v) is 6.13. The first-order chi connectivity index (χ1) is 21.2. The Kier molecular flexibility index (Phi) is 9.84. The summed E-state index contributed by atoms with van der Waals surface area (Å²) in [7, 11) is 4.34. The SMILES string of the molecule is COc1cc(C(=O)Nc2ccc(C(=O)N/N=C/c3cccc([N+](=O)[O-])c3OC(=O)c3ccccc3)cc2)cc(OC)c1OC. The number of carbonyl (C=O) groups excluding carboxylic acids is 3. The second-order valence-corrected chi connectivity index (χ2v) is 8.85. The van der Waals surface area contributed by atoms with Crippen LogP contribution in [-0.4, -0.2) is 50.3 Å². The molecule has 0 radical (unpaired) electrons. The summed E-state index contributed by atoms with van der Waals surface area (Å²) in [5.74, 6) is -1.19. The van der Waals surface area contributed by atoms with Crippen molar-refractivity contribution in [2.45, 2.75) is 0 Å². The number of esters is 1. The highest BCUT2D eigenvalue weighted by Crippen LogP contribution is 2.38. The van der Waals surface area contributed by atoms with Crippen LogP contribution in [-0.2, 0) is 0 Å². The lowest BCUT2D eigenvalue weighted by molar-refractivity contribution is -0.385. The van der Waals surface area contributed by atoms with Crippen LogP contribution in [0.1, 0.15) is 36.6 Å². The minimum absolute atomic E-state index is 0.0913. The highest BCUT2D eigenvalue weighted by molar-refractivity contribution is 6.05. The Labute approximate surface area is 251 Å². The van der Waals surface area contributed by atoms with E-state index in [-0.39, 0.29) is 28.0 Å². The van der Waals surface area contributed by atoms with Crippen LogP contribution < -0.4 is 29.7 Å². The number of nitro groups is 1. The molecule has 0 saturated carbocycles. The third-order valence-electron chi connectivity index (χ3n) is 6.13. The normalized spacial score (nSPS) is 10.5. The number of nitro benzene ring substituents is 1. The number of anilines is 1. The van der Waals surface area contributed by atoms with Gasteiger partial charge >= 0.3 is 11.7 Å². The highest BCUT2D eigenvalue weighted by atomic mass is 16.6. The Hall–Kier alpha value is -6.24. The molecular formula is C31H26N4O9. The number of benzene rings is 4. The first kappa shape index (κ1) is 30.7. The molecule has 13 heteroatoms. The van der Waals surface area contributed by atoms with E-state index in [0.717, 1.165) is 6.21 Å². The Morgan fingerprint density at radius 1 is 0.750 bits per heavy atom. The number of carbonyl (C=O) groups is 3. The molecule has 0 fully saturated rings. The number of nitrogens with one attached hydrogen (secondary N) is 2. The van der Waals surface area contributed by atoms with Crippen LogP contribution in [0.3, 0.4) is 0 Å². The maximum atomic E-state index is 12.9. The molecule has 13 nitrogen and oxygen atoms in total. The van der Waals surface area contributed by atoms with Crippen molar-refractivity contribution in [3.63, 3.8) is 0 Å². The maximum absolute atomic E-state index is 12.9. The van der Waals surface area contributed by atoms with Crippen LogP contribution in [0.15, 0.2) is 90.0 Å². The molecule has 44 heavy (non-hydrogen) atoms. The molecule has 0 aliphatic heterocycles. The second kappa shape index (κ2) is 14.1. The van der Waals surface area contributed by atoms with Crippen molar-refractivity contribution in [2.24, 2.45) is 5.10 Å². The van der Waals surface area contributed by atoms with E-state index in [1.165, 1.54) is 88.1 Å². The van der Waals surface area contributed by atoms with E-state index in [2.05, 4.69) is 15.8 Å². The Morgan fingerprint density at radius 3 is 2.00 bits per heavy atom. The Morgan fingerprint density at radius 2 is 1.41 bits per heavy atom. The van der Waals surface area contributed by atoms with Crippen LogP contribution in [0.2, 0.25) is 0 Å². The molecule has 0 bridgehead atoms. The van der Waals surface area contributed by atoms with Gasteiger partial charge in [0.2, 0.25) is 11.5 Å². The Balaban J connectivity index is 1.44. The summed E-state index contributed by atoms with van der Waals surface area (Å²) < 4.78 is 21.2. The molecule has 0 spiro atoms. The zero-order valence-electron chi connectivity index (χ0n) is 23.7. The van der Waals surface area contributed by atoms with E-state index in [4.69, 9.17) is 18.9 Å². The fraction of sp³-hybridized carbons (Fsp3) is 0.0968. The topological polar surface area (TPSA) is 168 Å². The van der Waals surface area contributed by atoms with Crippen LogP contribution in [0.4, 0.5) is 11.4 Å². The van der Waals surface area contributed by atoms with Gasteiger partial charge in [-0.1, -0.05) is 24.3 Å². The van der Waals surface area contributed by atoms with Gasteiger partial charge < -0.3 is 24.3 Å². The quantitative estimate of drug-likeness (QED) is 0.0806. The molecule has 4 rings (SSSR count). The van der Waals surface area contributed by atoms with Gasteiger partial charge in [0.15, 0.2) is 11.5 Å². The lowest BCUT2D eigenvalue weighted by Gasteiger charge is -2.14. The van der Waals surface area contributed by atoms with Crippen molar-refractivity contribution in [1.82, 2.24) is 5.43 Å². The van der Waals surface area contributed by atoms with Gasteiger partial charge in [0.05, 0.1) is 38.0 Å². The zero-order chi connectivity index (χ0) is 31.6. The summed E-state index contributed by atoms with van der Waals surface area (Å²) in [6.45, 7) is 0. The van der Waals surface area contributed by atoms with Crippen molar-refractivity contribution >= 4 is 35.4 Å². The third kappa shape index (κ3) is 7.15. The number of para-hydroxylation sites is 1. The second-order valence-electron chi connectivity index (χ2n) is 8.85. The lowest BCUT2D eigenvalue weighted by Crippen LogP contribution is -2.18. The van der Waals surface area contributed by atoms with E-state index >= 15 is 0 Å². The number of hydrogen-bond acceptors (Lipinski definition) is 10. The average Bonchev–Trinajstić information content (AvgIpc) is 3.05. The molecule has 0 aliphatic carbocycles. The molecule has 4 aromatic carbocycles. The van der Waals surface area contributed by atoms with Crippen LogP contribution in [0.5, 0.6) is 23.0 Å². The van der Waals surface area contributed by atoms with Crippen molar-refractivity contribution < 1.29 is 38.3 Å². The molecule has 4 aromatic rings. The van der Waals surface area contributed by atoms with Gasteiger partial charge in [-0.2, -0.15) is 5.10 Å². The van der Waals surface area contributed by atoms with E-state index in [1.54, 1.807) is 18.2 Å². The smallest absolute Gasteiger partial charge is 0.343 e. The summed E-state index contributed by atoms with van der Waals surface area (Å²) in [5, 5.41) is 18.2. The van der Waals surface area contributed by atoms with E-state index in [9.17, 15) is 24.5 Å². The van der Waals surface area contributed by atoms with E-state index < -0.39 is 28.4 Å². The van der Waals surface area contributed by atoms with E-state index in [0.29, 0.717) is 22.9 Å². The van der Waals surface area contributed by atoms with Gasteiger partial charge in [0, 0.05) is 28.4 Å². The number of nitrogens with zero attached hydrogens (tertiary/aromatic N) is 2. The molecule has 0 aliphatic rings. The summed E-state index contributed by atoms with van der Waals surface area (Å²) in [5.41, 5.74) is 3.04. The fourth-order valence-electron chi connectivity index (χ4n) is 3.97. The van der Waals surface area contributed by atoms with Crippen LogP contribution >= 0.6 is 0 Å². The molecular weight excluding hydrogens is 572 g/mol. The van der Waals surface area contributed by atoms with E-state index in [1.807, 2.05) is 0 Å².